The van der Waals surface area contributed by atoms with Crippen molar-refractivity contribution in [3.8, 4) is 0 Å². The Hall–Kier alpha value is -1.66. The van der Waals surface area contributed by atoms with E-state index in [0.29, 0.717) is 12.2 Å². The number of ether oxygens (including phenoxy) is 1. The molecule has 0 bridgehead atoms. The van der Waals surface area contributed by atoms with E-state index in [4.69, 9.17) is 9.84 Å². The quantitative estimate of drug-likeness (QED) is 0.795. The average Bonchev–Trinajstić information content (AvgIpc) is 2.40. The molecule has 1 saturated heterocycles. The fourth-order valence-electron chi connectivity index (χ4n) is 1.89. The van der Waals surface area contributed by atoms with E-state index < -0.39 is 5.97 Å². The van der Waals surface area contributed by atoms with Crippen LogP contribution in [0.4, 0.5) is 5.69 Å². The number of morpholine rings is 1. The Kier molecular flexibility index (Phi) is 4.49. The molecular formula is C12H17N3O3. The van der Waals surface area contributed by atoms with Gasteiger partial charge < -0.3 is 15.2 Å². The molecule has 0 aromatic carbocycles. The Morgan fingerprint density at radius 1 is 1.50 bits per heavy atom. The highest BCUT2D eigenvalue weighted by atomic mass is 16.5. The largest absolute Gasteiger partial charge is 0.478 e. The highest BCUT2D eigenvalue weighted by Crippen LogP contribution is 2.12. The minimum atomic E-state index is -0.961. The SMILES string of the molecule is O=C(O)c1cnccc1NCCN1CCOCC1. The summed E-state index contributed by atoms with van der Waals surface area (Å²) in [5.74, 6) is -0.961. The van der Waals surface area contributed by atoms with Crippen molar-refractivity contribution in [2.45, 2.75) is 0 Å². The van der Waals surface area contributed by atoms with Crippen LogP contribution >= 0.6 is 0 Å². The number of nitrogens with one attached hydrogen (secondary N) is 1. The molecule has 98 valence electrons. The van der Waals surface area contributed by atoms with E-state index in [1.807, 2.05) is 0 Å². The Labute approximate surface area is 106 Å². The molecule has 0 aliphatic carbocycles. The van der Waals surface area contributed by atoms with Crippen LogP contribution in [-0.2, 0) is 4.74 Å². The van der Waals surface area contributed by atoms with Crippen LogP contribution in [0.3, 0.4) is 0 Å². The van der Waals surface area contributed by atoms with Gasteiger partial charge >= 0.3 is 5.97 Å². The summed E-state index contributed by atoms with van der Waals surface area (Å²) in [6.45, 7) is 5.01. The second-order valence-electron chi connectivity index (χ2n) is 4.11. The minimum absolute atomic E-state index is 0.208. The zero-order valence-electron chi connectivity index (χ0n) is 10.1. The summed E-state index contributed by atoms with van der Waals surface area (Å²) >= 11 is 0. The third-order valence-corrected chi connectivity index (χ3v) is 2.90. The summed E-state index contributed by atoms with van der Waals surface area (Å²) in [5.41, 5.74) is 0.824. The predicted octanol–water partition coefficient (Wildman–Crippen LogP) is 0.524. The summed E-state index contributed by atoms with van der Waals surface area (Å²) in [4.78, 5) is 17.1. The van der Waals surface area contributed by atoms with Crippen molar-refractivity contribution >= 4 is 11.7 Å². The first-order valence-corrected chi connectivity index (χ1v) is 5.98. The maximum absolute atomic E-state index is 11.0. The zero-order chi connectivity index (χ0) is 12.8. The number of nitrogens with zero attached hydrogens (tertiary/aromatic N) is 2. The standard InChI is InChI=1S/C12H17N3O3/c16-12(17)10-9-13-2-1-11(10)14-3-4-15-5-7-18-8-6-15/h1-2,9H,3-8H2,(H,13,14)(H,16,17). The van der Waals surface area contributed by atoms with Crippen LogP contribution in [0.2, 0.25) is 0 Å². The van der Waals surface area contributed by atoms with Gasteiger partial charge in [0, 0.05) is 38.6 Å². The van der Waals surface area contributed by atoms with Crippen molar-refractivity contribution in [2.75, 3.05) is 44.7 Å². The maximum Gasteiger partial charge on any atom is 0.339 e. The lowest BCUT2D eigenvalue weighted by Gasteiger charge is -2.26. The van der Waals surface area contributed by atoms with Gasteiger partial charge in [0.05, 0.1) is 18.9 Å². The molecule has 1 fully saturated rings. The van der Waals surface area contributed by atoms with E-state index in [1.165, 1.54) is 6.20 Å². The lowest BCUT2D eigenvalue weighted by Crippen LogP contribution is -2.39. The molecule has 1 aliphatic rings. The number of carboxylic acids is 1. The Morgan fingerprint density at radius 2 is 2.28 bits per heavy atom. The number of carboxylic acid groups (broad SMARTS) is 1. The molecule has 0 radical (unpaired) electrons. The Bertz CT molecular complexity index is 405. The van der Waals surface area contributed by atoms with Gasteiger partial charge in [-0.05, 0) is 6.07 Å². The van der Waals surface area contributed by atoms with Crippen molar-refractivity contribution in [1.82, 2.24) is 9.88 Å². The number of hydrogen-bond donors (Lipinski definition) is 2. The fourth-order valence-corrected chi connectivity index (χ4v) is 1.89. The fraction of sp³-hybridized carbons (Fsp3) is 0.500. The highest BCUT2D eigenvalue weighted by molar-refractivity contribution is 5.93. The lowest BCUT2D eigenvalue weighted by molar-refractivity contribution is 0.0398. The summed E-state index contributed by atoms with van der Waals surface area (Å²) in [6.07, 6.45) is 2.95. The molecule has 18 heavy (non-hydrogen) atoms. The van der Waals surface area contributed by atoms with Crippen LogP contribution in [0.5, 0.6) is 0 Å². The molecule has 6 heteroatoms. The van der Waals surface area contributed by atoms with Gasteiger partial charge in [-0.25, -0.2) is 4.79 Å². The van der Waals surface area contributed by atoms with Gasteiger partial charge in [0.1, 0.15) is 5.56 Å². The molecule has 2 heterocycles. The van der Waals surface area contributed by atoms with Gasteiger partial charge in [0.15, 0.2) is 0 Å². The van der Waals surface area contributed by atoms with Crippen LogP contribution in [0.1, 0.15) is 10.4 Å². The molecule has 1 aromatic heterocycles. The second kappa shape index (κ2) is 6.32. The van der Waals surface area contributed by atoms with Crippen LogP contribution in [0.15, 0.2) is 18.5 Å². The summed E-state index contributed by atoms with van der Waals surface area (Å²) in [6, 6.07) is 1.68. The third kappa shape index (κ3) is 3.41. The van der Waals surface area contributed by atoms with E-state index in [0.717, 1.165) is 32.8 Å². The Morgan fingerprint density at radius 3 is 3.00 bits per heavy atom. The van der Waals surface area contributed by atoms with Crippen molar-refractivity contribution < 1.29 is 14.6 Å². The van der Waals surface area contributed by atoms with Crippen LogP contribution < -0.4 is 5.32 Å². The van der Waals surface area contributed by atoms with Gasteiger partial charge in [0.2, 0.25) is 0 Å². The molecule has 2 N–H and O–H groups in total. The van der Waals surface area contributed by atoms with Gasteiger partial charge in [0.25, 0.3) is 0 Å². The zero-order valence-corrected chi connectivity index (χ0v) is 10.1. The normalized spacial score (nSPS) is 16.4. The molecule has 0 unspecified atom stereocenters. The molecule has 1 aliphatic heterocycles. The molecular weight excluding hydrogens is 234 g/mol. The number of carbonyl (C=O) groups is 1. The van der Waals surface area contributed by atoms with Crippen molar-refractivity contribution in [1.29, 1.82) is 0 Å². The molecule has 0 amide bonds. The van der Waals surface area contributed by atoms with Crippen LogP contribution in [0, 0.1) is 0 Å². The average molecular weight is 251 g/mol. The van der Waals surface area contributed by atoms with E-state index in [-0.39, 0.29) is 5.56 Å². The van der Waals surface area contributed by atoms with Gasteiger partial charge in [-0.1, -0.05) is 0 Å². The number of aromatic carboxylic acids is 1. The van der Waals surface area contributed by atoms with Crippen LogP contribution in [-0.4, -0.2) is 60.4 Å². The number of hydrogen-bond acceptors (Lipinski definition) is 5. The van der Waals surface area contributed by atoms with E-state index in [9.17, 15) is 4.79 Å². The lowest BCUT2D eigenvalue weighted by atomic mass is 10.2. The van der Waals surface area contributed by atoms with E-state index in [1.54, 1.807) is 12.3 Å². The molecule has 6 nitrogen and oxygen atoms in total. The number of anilines is 1. The predicted molar refractivity (Wildman–Crippen MR) is 66.9 cm³/mol. The van der Waals surface area contributed by atoms with Crippen LogP contribution in [0.25, 0.3) is 0 Å². The smallest absolute Gasteiger partial charge is 0.339 e. The van der Waals surface area contributed by atoms with Gasteiger partial charge in [-0.2, -0.15) is 0 Å². The first-order chi connectivity index (χ1) is 8.77. The first kappa shape index (κ1) is 12.8. The molecule has 0 spiro atoms. The molecule has 2 rings (SSSR count). The highest BCUT2D eigenvalue weighted by Gasteiger charge is 2.11. The molecule has 1 aromatic rings. The van der Waals surface area contributed by atoms with Crippen molar-refractivity contribution in [3.05, 3.63) is 24.0 Å². The van der Waals surface area contributed by atoms with E-state index in [2.05, 4.69) is 15.2 Å². The topological polar surface area (TPSA) is 74.7 Å². The molecule has 0 atom stereocenters. The number of pyridine rings is 1. The van der Waals surface area contributed by atoms with E-state index >= 15 is 0 Å². The summed E-state index contributed by atoms with van der Waals surface area (Å²) < 4.78 is 5.27. The minimum Gasteiger partial charge on any atom is -0.478 e. The van der Waals surface area contributed by atoms with Crippen molar-refractivity contribution in [2.24, 2.45) is 0 Å². The Balaban J connectivity index is 1.84. The van der Waals surface area contributed by atoms with Gasteiger partial charge in [-0.3, -0.25) is 9.88 Å². The van der Waals surface area contributed by atoms with Crippen molar-refractivity contribution in [3.63, 3.8) is 0 Å². The number of aromatic nitrogens is 1. The first-order valence-electron chi connectivity index (χ1n) is 5.98. The molecule has 0 saturated carbocycles. The summed E-state index contributed by atoms with van der Waals surface area (Å²) in [5, 5.41) is 12.1. The third-order valence-electron chi connectivity index (χ3n) is 2.90. The number of rotatable bonds is 5. The maximum atomic E-state index is 11.0. The van der Waals surface area contributed by atoms with Gasteiger partial charge in [-0.15, -0.1) is 0 Å². The summed E-state index contributed by atoms with van der Waals surface area (Å²) in [7, 11) is 0. The second-order valence-corrected chi connectivity index (χ2v) is 4.11. The monoisotopic (exact) mass is 251 g/mol.